The fourth-order valence-electron chi connectivity index (χ4n) is 1.31. The van der Waals surface area contributed by atoms with Crippen molar-refractivity contribution in [3.8, 4) is 0 Å². The number of nitrogens with zero attached hydrogens (tertiary/aromatic N) is 1. The Labute approximate surface area is 74.0 Å². The summed E-state index contributed by atoms with van der Waals surface area (Å²) in [6, 6.07) is 8.25. The molecule has 2 aromatic rings. The number of benzene rings is 1. The lowest BCUT2D eigenvalue weighted by molar-refractivity contribution is 0.153. The van der Waals surface area contributed by atoms with Gasteiger partial charge in [-0.3, -0.25) is 4.98 Å². The van der Waals surface area contributed by atoms with E-state index in [-0.39, 0.29) is 5.56 Å². The Bertz CT molecular complexity index is 421. The van der Waals surface area contributed by atoms with Crippen molar-refractivity contribution in [3.05, 3.63) is 42.1 Å². The van der Waals surface area contributed by atoms with E-state index in [0.717, 1.165) is 0 Å². The van der Waals surface area contributed by atoms with E-state index in [1.165, 1.54) is 12.3 Å². The van der Waals surface area contributed by atoms with Crippen molar-refractivity contribution in [2.24, 2.45) is 0 Å². The highest BCUT2D eigenvalue weighted by atomic mass is 19.3. The average Bonchev–Trinajstić information content (AvgIpc) is 2.17. The fourth-order valence-corrected chi connectivity index (χ4v) is 1.31. The Morgan fingerprint density at radius 1 is 1.08 bits per heavy atom. The van der Waals surface area contributed by atoms with E-state index in [2.05, 4.69) is 4.98 Å². The highest BCUT2D eigenvalue weighted by molar-refractivity contribution is 5.81. The van der Waals surface area contributed by atoms with Crippen molar-refractivity contribution < 1.29 is 8.78 Å². The molecule has 0 saturated carbocycles. The molecular weight excluding hydrogens is 172 g/mol. The number of alkyl halides is 2. The number of fused-ring (bicyclic) bond motifs is 1. The molecule has 1 nitrogen and oxygen atoms in total. The number of pyridine rings is 1. The first kappa shape index (κ1) is 8.10. The summed E-state index contributed by atoms with van der Waals surface area (Å²) in [7, 11) is 0. The number of hydrogen-bond donors (Lipinski definition) is 0. The lowest BCUT2D eigenvalue weighted by Gasteiger charge is -2.03. The Balaban J connectivity index is 2.76. The first-order valence-corrected chi connectivity index (χ1v) is 3.91. The molecule has 66 valence electrons. The van der Waals surface area contributed by atoms with Gasteiger partial charge in [0.1, 0.15) is 0 Å². The van der Waals surface area contributed by atoms with Crippen molar-refractivity contribution in [1.82, 2.24) is 4.98 Å². The van der Waals surface area contributed by atoms with Gasteiger partial charge in [0.15, 0.2) is 0 Å². The van der Waals surface area contributed by atoms with E-state index in [0.29, 0.717) is 10.9 Å². The summed E-state index contributed by atoms with van der Waals surface area (Å²) in [5, 5.41) is 0.528. The largest absolute Gasteiger partial charge is 0.264 e. The quantitative estimate of drug-likeness (QED) is 0.655. The molecule has 0 atom stereocenters. The first-order valence-electron chi connectivity index (χ1n) is 3.91. The molecule has 0 aliphatic carbocycles. The van der Waals surface area contributed by atoms with Gasteiger partial charge in [0.2, 0.25) is 0 Å². The van der Waals surface area contributed by atoms with Crippen LogP contribution in [0.2, 0.25) is 0 Å². The average molecular weight is 179 g/mol. The van der Waals surface area contributed by atoms with Gasteiger partial charge in [0.05, 0.1) is 5.52 Å². The Kier molecular flexibility index (Phi) is 1.93. The van der Waals surface area contributed by atoms with Crippen LogP contribution in [0.5, 0.6) is 0 Å². The van der Waals surface area contributed by atoms with E-state index in [4.69, 9.17) is 0 Å². The van der Waals surface area contributed by atoms with Crippen molar-refractivity contribution in [3.63, 3.8) is 0 Å². The van der Waals surface area contributed by atoms with Gasteiger partial charge >= 0.3 is 0 Å². The molecule has 0 N–H and O–H groups in total. The predicted octanol–water partition coefficient (Wildman–Crippen LogP) is 3.17. The van der Waals surface area contributed by atoms with Crippen molar-refractivity contribution >= 4 is 10.9 Å². The molecule has 0 amide bonds. The van der Waals surface area contributed by atoms with Crippen LogP contribution in [0.1, 0.15) is 12.0 Å². The molecule has 0 unspecified atom stereocenters. The maximum absolute atomic E-state index is 12.5. The minimum atomic E-state index is -2.44. The van der Waals surface area contributed by atoms with Gasteiger partial charge in [-0.2, -0.15) is 0 Å². The molecule has 0 aliphatic heterocycles. The van der Waals surface area contributed by atoms with Crippen LogP contribution in [0.4, 0.5) is 8.78 Å². The smallest absolute Gasteiger partial charge is 0.256 e. The Morgan fingerprint density at radius 3 is 2.62 bits per heavy atom. The highest BCUT2D eigenvalue weighted by Crippen LogP contribution is 2.25. The number of para-hydroxylation sites is 1. The number of aromatic nitrogens is 1. The normalized spacial score (nSPS) is 11.0. The van der Waals surface area contributed by atoms with Gasteiger partial charge in [-0.25, -0.2) is 8.78 Å². The zero-order chi connectivity index (χ0) is 9.26. The Hall–Kier alpha value is -1.51. The summed E-state index contributed by atoms with van der Waals surface area (Å²) in [6.07, 6.45) is -1.03. The molecule has 0 fully saturated rings. The van der Waals surface area contributed by atoms with Gasteiger partial charge in [-0.15, -0.1) is 0 Å². The molecular formula is C10H7F2N. The van der Waals surface area contributed by atoms with Gasteiger partial charge in [-0.05, 0) is 12.1 Å². The van der Waals surface area contributed by atoms with E-state index in [9.17, 15) is 8.78 Å². The zero-order valence-corrected chi connectivity index (χ0v) is 6.74. The molecule has 1 aromatic heterocycles. The molecule has 13 heavy (non-hydrogen) atoms. The number of rotatable bonds is 1. The zero-order valence-electron chi connectivity index (χ0n) is 6.74. The second-order valence-electron chi connectivity index (χ2n) is 2.72. The third-order valence-corrected chi connectivity index (χ3v) is 1.92. The molecule has 0 radical (unpaired) electrons. The third-order valence-electron chi connectivity index (χ3n) is 1.92. The van der Waals surface area contributed by atoms with E-state index < -0.39 is 6.43 Å². The Morgan fingerprint density at radius 2 is 1.85 bits per heavy atom. The fraction of sp³-hybridized carbons (Fsp3) is 0.100. The van der Waals surface area contributed by atoms with Crippen LogP contribution < -0.4 is 0 Å². The lowest BCUT2D eigenvalue weighted by atomic mass is 10.1. The van der Waals surface area contributed by atoms with E-state index >= 15 is 0 Å². The molecule has 0 bridgehead atoms. The summed E-state index contributed by atoms with van der Waals surface area (Å²) >= 11 is 0. The topological polar surface area (TPSA) is 12.9 Å². The first-order chi connectivity index (χ1) is 6.29. The summed E-state index contributed by atoms with van der Waals surface area (Å²) in [5.41, 5.74) is 0.658. The maximum Gasteiger partial charge on any atom is 0.264 e. The lowest BCUT2D eigenvalue weighted by Crippen LogP contribution is -1.87. The second-order valence-corrected chi connectivity index (χ2v) is 2.72. The SMILES string of the molecule is FC(F)c1ccnc2ccccc12. The predicted molar refractivity (Wildman–Crippen MR) is 46.7 cm³/mol. The second kappa shape index (κ2) is 3.09. The van der Waals surface area contributed by atoms with Crippen molar-refractivity contribution in [1.29, 1.82) is 0 Å². The monoisotopic (exact) mass is 179 g/mol. The van der Waals surface area contributed by atoms with Crippen molar-refractivity contribution in [2.75, 3.05) is 0 Å². The number of hydrogen-bond acceptors (Lipinski definition) is 1. The van der Waals surface area contributed by atoms with Crippen molar-refractivity contribution in [2.45, 2.75) is 6.43 Å². The molecule has 3 heteroatoms. The van der Waals surface area contributed by atoms with Crippen LogP contribution >= 0.6 is 0 Å². The molecule has 0 saturated heterocycles. The molecule has 1 heterocycles. The number of halogens is 2. The van der Waals surface area contributed by atoms with E-state index in [1.54, 1.807) is 24.3 Å². The maximum atomic E-state index is 12.5. The van der Waals surface area contributed by atoms with Gasteiger partial charge in [0, 0.05) is 17.1 Å². The standard InChI is InChI=1S/C10H7F2N/c11-10(12)8-5-6-13-9-4-2-1-3-7(8)9/h1-6,10H. The summed E-state index contributed by atoms with van der Waals surface area (Å²) in [6.45, 7) is 0. The summed E-state index contributed by atoms with van der Waals surface area (Å²) in [5.74, 6) is 0. The van der Waals surface area contributed by atoms with Crippen LogP contribution in [0.25, 0.3) is 10.9 Å². The van der Waals surface area contributed by atoms with Crippen LogP contribution in [0.3, 0.4) is 0 Å². The van der Waals surface area contributed by atoms with Crippen LogP contribution in [0.15, 0.2) is 36.5 Å². The minimum Gasteiger partial charge on any atom is -0.256 e. The van der Waals surface area contributed by atoms with Crippen LogP contribution in [-0.4, -0.2) is 4.98 Å². The minimum absolute atomic E-state index is 0.0469. The summed E-state index contributed by atoms with van der Waals surface area (Å²) in [4.78, 5) is 3.99. The molecule has 0 spiro atoms. The molecule has 0 aliphatic rings. The third kappa shape index (κ3) is 1.37. The van der Waals surface area contributed by atoms with Gasteiger partial charge in [0.25, 0.3) is 6.43 Å². The highest BCUT2D eigenvalue weighted by Gasteiger charge is 2.10. The van der Waals surface area contributed by atoms with Crippen LogP contribution in [0, 0.1) is 0 Å². The van der Waals surface area contributed by atoms with Gasteiger partial charge in [-0.1, -0.05) is 18.2 Å². The summed E-state index contributed by atoms with van der Waals surface area (Å²) < 4.78 is 24.9. The van der Waals surface area contributed by atoms with Gasteiger partial charge < -0.3 is 0 Å². The molecule has 2 rings (SSSR count). The van der Waals surface area contributed by atoms with E-state index in [1.807, 2.05) is 0 Å². The van der Waals surface area contributed by atoms with Crippen LogP contribution in [-0.2, 0) is 0 Å². The molecule has 1 aromatic carbocycles.